The van der Waals surface area contributed by atoms with Crippen LogP contribution in [0.5, 0.6) is 0 Å². The second-order valence-electron chi connectivity index (χ2n) is 7.07. The summed E-state index contributed by atoms with van der Waals surface area (Å²) in [5.41, 5.74) is -0.437. The first-order valence-electron chi connectivity index (χ1n) is 8.24. The molecule has 1 aromatic rings. The van der Waals surface area contributed by atoms with Gasteiger partial charge in [0.05, 0.1) is 6.54 Å². The Bertz CT molecular complexity index is 507. The average Bonchev–Trinajstić information content (AvgIpc) is 3.11. The zero-order chi connectivity index (χ0) is 16.9. The van der Waals surface area contributed by atoms with Crippen LogP contribution in [0.1, 0.15) is 45.1 Å². The largest absolute Gasteiger partial charge is 0.462 e. The number of aliphatic hydroxyl groups is 1. The molecule has 2 rings (SSSR count). The van der Waals surface area contributed by atoms with Crippen molar-refractivity contribution in [3.05, 3.63) is 23.7 Å². The fourth-order valence-corrected chi connectivity index (χ4v) is 2.68. The molecule has 6 heteroatoms. The Hall–Kier alpha value is -1.53. The van der Waals surface area contributed by atoms with Gasteiger partial charge in [-0.05, 0) is 58.2 Å². The lowest BCUT2D eigenvalue weighted by molar-refractivity contribution is 0.0287. The third-order valence-corrected chi connectivity index (χ3v) is 3.84. The second-order valence-corrected chi connectivity index (χ2v) is 7.07. The molecule has 1 atom stereocenters. The Morgan fingerprint density at radius 1 is 1.43 bits per heavy atom. The van der Waals surface area contributed by atoms with Crippen molar-refractivity contribution in [1.82, 2.24) is 10.2 Å². The standard InChI is InChI=1S/C17H28N2O4/c1-17(2,3)23-16(21)19-9-7-13(11-19)6-8-18-10-14-4-5-15(12-20)22-14/h4-5,13,18,20H,6-12H2,1-3H3. The van der Waals surface area contributed by atoms with Gasteiger partial charge in [-0.25, -0.2) is 4.79 Å². The number of aliphatic hydroxyl groups excluding tert-OH is 1. The molecular formula is C17H28N2O4. The molecule has 1 saturated heterocycles. The SMILES string of the molecule is CC(C)(C)OC(=O)N1CCC(CCNCc2ccc(CO)o2)C1. The van der Waals surface area contributed by atoms with Crippen molar-refractivity contribution in [3.63, 3.8) is 0 Å². The number of rotatable bonds is 6. The lowest BCUT2D eigenvalue weighted by atomic mass is 10.1. The molecule has 0 radical (unpaired) electrons. The number of likely N-dealkylation sites (tertiary alicyclic amines) is 1. The Labute approximate surface area is 137 Å². The average molecular weight is 324 g/mol. The number of ether oxygens (including phenoxy) is 1. The van der Waals surface area contributed by atoms with Gasteiger partial charge in [-0.15, -0.1) is 0 Å². The van der Waals surface area contributed by atoms with Crippen LogP contribution in [-0.4, -0.2) is 41.3 Å². The third-order valence-electron chi connectivity index (χ3n) is 3.84. The normalized spacial score (nSPS) is 18.4. The minimum atomic E-state index is -0.437. The van der Waals surface area contributed by atoms with Crippen LogP contribution in [0.25, 0.3) is 0 Å². The first kappa shape index (κ1) is 17.8. The summed E-state index contributed by atoms with van der Waals surface area (Å²) in [6.45, 7) is 8.67. The van der Waals surface area contributed by atoms with Crippen LogP contribution < -0.4 is 5.32 Å². The van der Waals surface area contributed by atoms with Crippen molar-refractivity contribution in [2.75, 3.05) is 19.6 Å². The summed E-state index contributed by atoms with van der Waals surface area (Å²) in [5, 5.41) is 12.3. The Morgan fingerprint density at radius 2 is 2.17 bits per heavy atom. The minimum Gasteiger partial charge on any atom is -0.462 e. The Kier molecular flexibility index (Phi) is 6.07. The maximum absolute atomic E-state index is 12.0. The van der Waals surface area contributed by atoms with Crippen molar-refractivity contribution >= 4 is 6.09 Å². The number of nitrogens with zero attached hydrogens (tertiary/aromatic N) is 1. The third kappa shape index (κ3) is 5.88. The van der Waals surface area contributed by atoms with E-state index in [1.807, 2.05) is 26.8 Å². The van der Waals surface area contributed by atoms with Crippen molar-refractivity contribution in [3.8, 4) is 0 Å². The molecule has 1 aliphatic heterocycles. The van der Waals surface area contributed by atoms with E-state index in [9.17, 15) is 4.79 Å². The summed E-state index contributed by atoms with van der Waals surface area (Å²) in [4.78, 5) is 13.8. The number of hydrogen-bond acceptors (Lipinski definition) is 5. The van der Waals surface area contributed by atoms with Gasteiger partial charge in [0.1, 0.15) is 23.7 Å². The van der Waals surface area contributed by atoms with E-state index in [0.29, 0.717) is 18.2 Å². The summed E-state index contributed by atoms with van der Waals surface area (Å²) in [6.07, 6.45) is 1.84. The lowest BCUT2D eigenvalue weighted by Gasteiger charge is -2.24. The molecule has 2 heterocycles. The van der Waals surface area contributed by atoms with E-state index in [4.69, 9.17) is 14.3 Å². The van der Waals surface area contributed by atoms with Crippen LogP contribution in [0.4, 0.5) is 4.79 Å². The summed E-state index contributed by atoms with van der Waals surface area (Å²) in [6, 6.07) is 3.66. The highest BCUT2D eigenvalue weighted by Gasteiger charge is 2.29. The zero-order valence-electron chi connectivity index (χ0n) is 14.3. The van der Waals surface area contributed by atoms with E-state index in [2.05, 4.69) is 5.32 Å². The van der Waals surface area contributed by atoms with Crippen LogP contribution in [0, 0.1) is 5.92 Å². The van der Waals surface area contributed by atoms with Crippen LogP contribution in [0.2, 0.25) is 0 Å². The minimum absolute atomic E-state index is 0.0669. The van der Waals surface area contributed by atoms with Crippen molar-refractivity contribution in [2.45, 2.75) is 52.4 Å². The van der Waals surface area contributed by atoms with Gasteiger partial charge >= 0.3 is 6.09 Å². The first-order chi connectivity index (χ1) is 10.9. The van der Waals surface area contributed by atoms with E-state index in [1.54, 1.807) is 11.0 Å². The Morgan fingerprint density at radius 3 is 2.83 bits per heavy atom. The van der Waals surface area contributed by atoms with E-state index in [0.717, 1.165) is 38.2 Å². The molecule has 2 N–H and O–H groups in total. The number of carbonyl (C=O) groups excluding carboxylic acids is 1. The number of amides is 1. The molecule has 130 valence electrons. The zero-order valence-corrected chi connectivity index (χ0v) is 14.3. The molecule has 0 aromatic carbocycles. The summed E-state index contributed by atoms with van der Waals surface area (Å²) < 4.78 is 10.8. The molecule has 1 unspecified atom stereocenters. The molecule has 1 amide bonds. The van der Waals surface area contributed by atoms with E-state index in [-0.39, 0.29) is 12.7 Å². The summed E-state index contributed by atoms with van der Waals surface area (Å²) in [5.74, 6) is 1.93. The molecule has 1 aromatic heterocycles. The van der Waals surface area contributed by atoms with Gasteiger partial charge in [0.2, 0.25) is 0 Å². The van der Waals surface area contributed by atoms with Crippen LogP contribution in [-0.2, 0) is 17.9 Å². The molecule has 1 fully saturated rings. The van der Waals surface area contributed by atoms with Gasteiger partial charge in [0.25, 0.3) is 0 Å². The predicted molar refractivity (Wildman–Crippen MR) is 86.9 cm³/mol. The molecular weight excluding hydrogens is 296 g/mol. The maximum Gasteiger partial charge on any atom is 0.410 e. The summed E-state index contributed by atoms with van der Waals surface area (Å²) in [7, 11) is 0. The number of furan rings is 1. The van der Waals surface area contributed by atoms with E-state index in [1.165, 1.54) is 0 Å². The molecule has 1 aliphatic rings. The number of hydrogen-bond donors (Lipinski definition) is 2. The number of nitrogens with one attached hydrogen (secondary N) is 1. The second kappa shape index (κ2) is 7.84. The van der Waals surface area contributed by atoms with Crippen LogP contribution >= 0.6 is 0 Å². The maximum atomic E-state index is 12.0. The van der Waals surface area contributed by atoms with Crippen LogP contribution in [0.3, 0.4) is 0 Å². The van der Waals surface area contributed by atoms with Crippen molar-refractivity contribution < 1.29 is 19.1 Å². The Balaban J connectivity index is 1.63. The monoisotopic (exact) mass is 324 g/mol. The molecule has 23 heavy (non-hydrogen) atoms. The molecule has 0 aliphatic carbocycles. The predicted octanol–water partition coefficient (Wildman–Crippen LogP) is 2.51. The summed E-state index contributed by atoms with van der Waals surface area (Å²) >= 11 is 0. The number of carbonyl (C=O) groups is 1. The van der Waals surface area contributed by atoms with E-state index < -0.39 is 5.60 Å². The molecule has 0 spiro atoms. The highest BCUT2D eigenvalue weighted by molar-refractivity contribution is 5.68. The van der Waals surface area contributed by atoms with Crippen molar-refractivity contribution in [1.29, 1.82) is 0 Å². The molecule has 0 bridgehead atoms. The van der Waals surface area contributed by atoms with Gasteiger partial charge in [0, 0.05) is 13.1 Å². The molecule has 6 nitrogen and oxygen atoms in total. The van der Waals surface area contributed by atoms with Gasteiger partial charge in [-0.1, -0.05) is 0 Å². The highest BCUT2D eigenvalue weighted by Crippen LogP contribution is 2.21. The van der Waals surface area contributed by atoms with Gasteiger partial charge < -0.3 is 24.5 Å². The fourth-order valence-electron chi connectivity index (χ4n) is 2.68. The van der Waals surface area contributed by atoms with Gasteiger partial charge in [0.15, 0.2) is 0 Å². The molecule has 0 saturated carbocycles. The van der Waals surface area contributed by atoms with Gasteiger partial charge in [-0.2, -0.15) is 0 Å². The quantitative estimate of drug-likeness (QED) is 0.787. The smallest absolute Gasteiger partial charge is 0.410 e. The lowest BCUT2D eigenvalue weighted by Crippen LogP contribution is -2.35. The van der Waals surface area contributed by atoms with Gasteiger partial charge in [-0.3, -0.25) is 0 Å². The highest BCUT2D eigenvalue weighted by atomic mass is 16.6. The van der Waals surface area contributed by atoms with Crippen LogP contribution in [0.15, 0.2) is 16.5 Å². The van der Waals surface area contributed by atoms with Crippen molar-refractivity contribution in [2.24, 2.45) is 5.92 Å². The fraction of sp³-hybridized carbons (Fsp3) is 0.706. The topological polar surface area (TPSA) is 74.9 Å². The van der Waals surface area contributed by atoms with E-state index >= 15 is 0 Å². The first-order valence-corrected chi connectivity index (χ1v) is 8.24.